The SMILES string of the molecule is O=C(c1ccccc1Br)n1c2ccccc2c2ccc3c(c21)-c1ccccc1C31c2ccccc2-c2c1ccc1c2[nH]c2ccccc21. The van der Waals surface area contributed by atoms with Crippen LogP contribution in [0, 0.1) is 0 Å². The van der Waals surface area contributed by atoms with Crippen LogP contribution in [0.25, 0.3) is 65.9 Å². The van der Waals surface area contributed by atoms with Crippen LogP contribution in [-0.4, -0.2) is 15.5 Å². The molecule has 224 valence electrons. The predicted octanol–water partition coefficient (Wildman–Crippen LogP) is 11.2. The number of aromatic amines is 1. The molecule has 11 rings (SSSR count). The van der Waals surface area contributed by atoms with Gasteiger partial charge in [0.15, 0.2) is 0 Å². The molecule has 3 nitrogen and oxygen atoms in total. The average Bonchev–Trinajstić information content (AvgIpc) is 3.85. The number of carbonyl (C=O) groups is 1. The highest BCUT2D eigenvalue weighted by Gasteiger charge is 2.53. The van der Waals surface area contributed by atoms with Crippen molar-refractivity contribution in [3.63, 3.8) is 0 Å². The van der Waals surface area contributed by atoms with Crippen LogP contribution in [0.3, 0.4) is 0 Å². The highest BCUT2D eigenvalue weighted by molar-refractivity contribution is 9.10. The third kappa shape index (κ3) is 3.03. The zero-order valence-electron chi connectivity index (χ0n) is 25.6. The van der Waals surface area contributed by atoms with Gasteiger partial charge in [0.2, 0.25) is 0 Å². The lowest BCUT2D eigenvalue weighted by Gasteiger charge is -2.30. The Kier molecular flexibility index (Phi) is 5.06. The van der Waals surface area contributed by atoms with Crippen LogP contribution in [0.15, 0.2) is 150 Å². The van der Waals surface area contributed by atoms with Gasteiger partial charge in [-0.3, -0.25) is 9.36 Å². The van der Waals surface area contributed by atoms with Crippen molar-refractivity contribution in [2.45, 2.75) is 5.41 Å². The van der Waals surface area contributed by atoms with E-state index in [1.54, 1.807) is 0 Å². The predicted molar refractivity (Wildman–Crippen MR) is 199 cm³/mol. The van der Waals surface area contributed by atoms with E-state index >= 15 is 0 Å². The lowest BCUT2D eigenvalue weighted by molar-refractivity contribution is 0.0969. The van der Waals surface area contributed by atoms with E-state index in [2.05, 4.69) is 136 Å². The van der Waals surface area contributed by atoms with Crippen molar-refractivity contribution < 1.29 is 4.79 Å². The number of nitrogens with one attached hydrogen (secondary N) is 1. The lowest BCUT2D eigenvalue weighted by Crippen LogP contribution is -2.25. The minimum atomic E-state index is -0.546. The fourth-order valence-electron chi connectivity index (χ4n) is 9.05. The van der Waals surface area contributed by atoms with Gasteiger partial charge in [0.25, 0.3) is 5.91 Å². The van der Waals surface area contributed by atoms with Crippen molar-refractivity contribution in [3.8, 4) is 22.3 Å². The number of nitrogens with zero attached hydrogens (tertiary/aromatic N) is 1. The molecule has 48 heavy (non-hydrogen) atoms. The van der Waals surface area contributed by atoms with E-state index in [1.165, 1.54) is 55.2 Å². The molecule has 2 aliphatic rings. The summed E-state index contributed by atoms with van der Waals surface area (Å²) in [6.07, 6.45) is 0. The van der Waals surface area contributed by atoms with Gasteiger partial charge in [-0.25, -0.2) is 0 Å². The molecule has 2 aromatic heterocycles. The van der Waals surface area contributed by atoms with Crippen molar-refractivity contribution in [1.29, 1.82) is 0 Å². The van der Waals surface area contributed by atoms with E-state index < -0.39 is 5.41 Å². The zero-order valence-corrected chi connectivity index (χ0v) is 27.2. The summed E-state index contributed by atoms with van der Waals surface area (Å²) in [5.41, 5.74) is 14.1. The third-order valence-electron chi connectivity index (χ3n) is 10.8. The first kappa shape index (κ1) is 26.4. The second-order valence-corrected chi connectivity index (χ2v) is 13.8. The second-order valence-electron chi connectivity index (χ2n) is 12.9. The fraction of sp³-hybridized carbons (Fsp3) is 0.0227. The summed E-state index contributed by atoms with van der Waals surface area (Å²) < 4.78 is 2.74. The zero-order chi connectivity index (χ0) is 31.7. The molecule has 1 spiro atoms. The molecule has 1 atom stereocenters. The Morgan fingerprint density at radius 3 is 1.94 bits per heavy atom. The molecule has 7 aromatic carbocycles. The van der Waals surface area contributed by atoms with Gasteiger partial charge in [-0.1, -0.05) is 121 Å². The van der Waals surface area contributed by atoms with E-state index in [-0.39, 0.29) is 5.91 Å². The molecule has 1 unspecified atom stereocenters. The first-order chi connectivity index (χ1) is 23.7. The Labute approximate surface area is 284 Å². The minimum absolute atomic E-state index is 0.0486. The van der Waals surface area contributed by atoms with Gasteiger partial charge >= 0.3 is 0 Å². The molecule has 0 bridgehead atoms. The van der Waals surface area contributed by atoms with Gasteiger partial charge in [-0.15, -0.1) is 0 Å². The first-order valence-corrected chi connectivity index (χ1v) is 17.1. The van der Waals surface area contributed by atoms with E-state index in [0.29, 0.717) is 5.56 Å². The Hall–Kier alpha value is -5.71. The van der Waals surface area contributed by atoms with Gasteiger partial charge in [-0.05, 0) is 73.6 Å². The number of fused-ring (bicyclic) bond motifs is 18. The molecule has 0 fully saturated rings. The van der Waals surface area contributed by atoms with Crippen LogP contribution in [0.5, 0.6) is 0 Å². The summed E-state index contributed by atoms with van der Waals surface area (Å²) in [4.78, 5) is 18.6. The van der Waals surface area contributed by atoms with Crippen molar-refractivity contribution >= 4 is 65.4 Å². The molecule has 2 heterocycles. The Morgan fingerprint density at radius 1 is 0.542 bits per heavy atom. The maximum Gasteiger partial charge on any atom is 0.264 e. The maximum absolute atomic E-state index is 14.7. The summed E-state index contributed by atoms with van der Waals surface area (Å²) in [6, 6.07) is 51.6. The number of hydrogen-bond donors (Lipinski definition) is 1. The number of benzene rings is 7. The highest BCUT2D eigenvalue weighted by atomic mass is 79.9. The number of aromatic nitrogens is 2. The molecule has 1 N–H and O–H groups in total. The van der Waals surface area contributed by atoms with Crippen molar-refractivity contribution in [2.24, 2.45) is 0 Å². The molecule has 4 heteroatoms. The summed E-state index contributed by atoms with van der Waals surface area (Å²) in [5, 5.41) is 4.62. The van der Waals surface area contributed by atoms with Crippen LogP contribution in [0.1, 0.15) is 32.6 Å². The van der Waals surface area contributed by atoms with Crippen LogP contribution in [-0.2, 0) is 5.41 Å². The topological polar surface area (TPSA) is 37.8 Å². The molecule has 0 aliphatic heterocycles. The van der Waals surface area contributed by atoms with Crippen molar-refractivity contribution in [1.82, 2.24) is 9.55 Å². The van der Waals surface area contributed by atoms with E-state index in [0.717, 1.165) is 37.4 Å². The molecule has 0 saturated heterocycles. The largest absolute Gasteiger partial charge is 0.354 e. The van der Waals surface area contributed by atoms with Gasteiger partial charge < -0.3 is 4.98 Å². The molecule has 0 saturated carbocycles. The molecule has 2 aliphatic carbocycles. The highest BCUT2D eigenvalue weighted by Crippen LogP contribution is 2.65. The van der Waals surface area contributed by atoms with Crippen LogP contribution in [0.4, 0.5) is 0 Å². The second kappa shape index (κ2) is 9.21. The normalized spacial score (nSPS) is 15.8. The quantitative estimate of drug-likeness (QED) is 0.185. The molecule has 0 radical (unpaired) electrons. The lowest BCUT2D eigenvalue weighted by atomic mass is 9.70. The van der Waals surface area contributed by atoms with Crippen molar-refractivity contribution in [3.05, 3.63) is 178 Å². The summed E-state index contributed by atoms with van der Waals surface area (Å²) in [7, 11) is 0. The number of rotatable bonds is 1. The first-order valence-electron chi connectivity index (χ1n) is 16.3. The molecular weight excluding hydrogens is 652 g/mol. The van der Waals surface area contributed by atoms with E-state index in [4.69, 9.17) is 0 Å². The van der Waals surface area contributed by atoms with Gasteiger partial charge in [-0.2, -0.15) is 0 Å². The Balaban J connectivity index is 1.33. The van der Waals surface area contributed by atoms with Gasteiger partial charge in [0, 0.05) is 42.7 Å². The number of halogens is 1. The third-order valence-corrected chi connectivity index (χ3v) is 11.5. The van der Waals surface area contributed by atoms with E-state index in [9.17, 15) is 4.79 Å². The van der Waals surface area contributed by atoms with Gasteiger partial charge in [0.1, 0.15) is 0 Å². The maximum atomic E-state index is 14.7. The fourth-order valence-corrected chi connectivity index (χ4v) is 9.50. The Bertz CT molecular complexity index is 2890. The number of H-pyrrole nitrogens is 1. The molecular formula is C44H25BrN2O. The molecule has 9 aromatic rings. The summed E-state index contributed by atoms with van der Waals surface area (Å²) in [5.74, 6) is -0.0486. The molecule has 0 amide bonds. The average molecular weight is 678 g/mol. The smallest absolute Gasteiger partial charge is 0.264 e. The van der Waals surface area contributed by atoms with Gasteiger partial charge in [0.05, 0.1) is 27.5 Å². The number of hydrogen-bond acceptors (Lipinski definition) is 1. The van der Waals surface area contributed by atoms with Crippen LogP contribution in [0.2, 0.25) is 0 Å². The minimum Gasteiger partial charge on any atom is -0.354 e. The van der Waals surface area contributed by atoms with E-state index in [1.807, 2.05) is 34.9 Å². The number of para-hydroxylation sites is 2. The van der Waals surface area contributed by atoms with Crippen LogP contribution < -0.4 is 0 Å². The Morgan fingerprint density at radius 2 is 1.15 bits per heavy atom. The van der Waals surface area contributed by atoms with Crippen LogP contribution >= 0.6 is 15.9 Å². The monoisotopic (exact) mass is 676 g/mol. The standard InChI is InChI=1S/C44H25BrN2O/c45-36-18-8-3-15-31(36)43(48)47-38-20-10-5-12-26(38)28-22-24-35-40(42(28)47)30-14-2-7-17-33(30)44(35)32-16-6-1-13-29(32)39-34(44)23-21-27-25-11-4-9-19-37(25)46-41(27)39/h1-24,46H. The number of carbonyl (C=O) groups excluding carboxylic acids is 1. The summed E-state index contributed by atoms with van der Waals surface area (Å²) >= 11 is 3.68. The van der Waals surface area contributed by atoms with Crippen molar-refractivity contribution in [2.75, 3.05) is 0 Å². The summed E-state index contributed by atoms with van der Waals surface area (Å²) in [6.45, 7) is 0.